The number of pyridine rings is 1. The first-order valence-corrected chi connectivity index (χ1v) is 7.12. The molecule has 1 aromatic heterocycles. The predicted molar refractivity (Wildman–Crippen MR) is 77.7 cm³/mol. The second kappa shape index (κ2) is 8.53. The molecule has 0 bridgehead atoms. The van der Waals surface area contributed by atoms with Gasteiger partial charge in [-0.1, -0.05) is 13.8 Å². The molecule has 0 amide bonds. The Morgan fingerprint density at radius 2 is 2.10 bits per heavy atom. The van der Waals surface area contributed by atoms with Crippen molar-refractivity contribution in [2.75, 3.05) is 13.2 Å². The lowest BCUT2D eigenvalue weighted by atomic mass is 10.2. The molecule has 0 saturated heterocycles. The number of aromatic nitrogens is 1. The fourth-order valence-corrected chi connectivity index (χ4v) is 1.76. The number of carbonyl (C=O) groups excluding carboxylic acids is 1. The summed E-state index contributed by atoms with van der Waals surface area (Å²) < 4.78 is 10.8. The number of esters is 1. The Balaban J connectivity index is 2.85. The maximum Gasteiger partial charge on any atom is 0.347 e. The summed E-state index contributed by atoms with van der Waals surface area (Å²) in [4.78, 5) is 16.3. The molecular weight excluding hydrogens is 256 g/mol. The SMILES string of the molecule is CCNCc1nc(C)ccc1OC(CC)C(=O)OCC. The number of nitrogens with one attached hydrogen (secondary N) is 1. The summed E-state index contributed by atoms with van der Waals surface area (Å²) in [5.41, 5.74) is 1.74. The number of carbonyl (C=O) groups is 1. The van der Waals surface area contributed by atoms with E-state index in [0.29, 0.717) is 25.3 Å². The van der Waals surface area contributed by atoms with E-state index in [-0.39, 0.29) is 5.97 Å². The normalized spacial score (nSPS) is 12.0. The van der Waals surface area contributed by atoms with Crippen LogP contribution in [0.3, 0.4) is 0 Å². The van der Waals surface area contributed by atoms with E-state index >= 15 is 0 Å². The summed E-state index contributed by atoms with van der Waals surface area (Å²) in [7, 11) is 0. The fraction of sp³-hybridized carbons (Fsp3) is 0.600. The Morgan fingerprint density at radius 1 is 1.35 bits per heavy atom. The zero-order valence-electron chi connectivity index (χ0n) is 12.7. The maximum absolute atomic E-state index is 11.8. The van der Waals surface area contributed by atoms with Crippen molar-refractivity contribution in [3.8, 4) is 5.75 Å². The predicted octanol–water partition coefficient (Wildman–Crippen LogP) is 2.22. The Hall–Kier alpha value is -1.62. The summed E-state index contributed by atoms with van der Waals surface area (Å²) in [6.45, 7) is 9.47. The van der Waals surface area contributed by atoms with E-state index in [2.05, 4.69) is 10.3 Å². The first-order chi connectivity index (χ1) is 9.62. The largest absolute Gasteiger partial charge is 0.477 e. The molecule has 0 aliphatic heterocycles. The molecule has 0 aliphatic rings. The highest BCUT2D eigenvalue weighted by Crippen LogP contribution is 2.19. The van der Waals surface area contributed by atoms with Crippen LogP contribution in [0, 0.1) is 6.92 Å². The highest BCUT2D eigenvalue weighted by molar-refractivity contribution is 5.75. The van der Waals surface area contributed by atoms with E-state index in [0.717, 1.165) is 17.9 Å². The Kier molecular flexibility index (Phi) is 7.01. The number of aryl methyl sites for hydroxylation is 1. The minimum Gasteiger partial charge on any atom is -0.477 e. The molecule has 0 fully saturated rings. The Bertz CT molecular complexity index is 435. The van der Waals surface area contributed by atoms with Gasteiger partial charge in [-0.25, -0.2) is 4.79 Å². The third kappa shape index (κ3) is 4.81. The second-order valence-corrected chi connectivity index (χ2v) is 4.44. The fourth-order valence-electron chi connectivity index (χ4n) is 1.76. The average Bonchev–Trinajstić information content (AvgIpc) is 2.44. The van der Waals surface area contributed by atoms with Gasteiger partial charge in [-0.2, -0.15) is 0 Å². The van der Waals surface area contributed by atoms with Crippen molar-refractivity contribution in [2.24, 2.45) is 0 Å². The van der Waals surface area contributed by atoms with Gasteiger partial charge in [0.2, 0.25) is 0 Å². The molecular formula is C15H24N2O3. The first kappa shape index (κ1) is 16.4. The number of hydrogen-bond donors (Lipinski definition) is 1. The molecule has 0 aliphatic carbocycles. The summed E-state index contributed by atoms with van der Waals surface area (Å²) in [6, 6.07) is 3.74. The molecule has 1 unspecified atom stereocenters. The minimum atomic E-state index is -0.583. The van der Waals surface area contributed by atoms with Gasteiger partial charge < -0.3 is 14.8 Å². The zero-order chi connectivity index (χ0) is 15.0. The van der Waals surface area contributed by atoms with Crippen molar-refractivity contribution in [1.29, 1.82) is 0 Å². The molecule has 0 spiro atoms. The van der Waals surface area contributed by atoms with E-state index in [1.165, 1.54) is 0 Å². The van der Waals surface area contributed by atoms with Gasteiger partial charge in [0.05, 0.1) is 12.3 Å². The first-order valence-electron chi connectivity index (χ1n) is 7.12. The third-order valence-electron chi connectivity index (χ3n) is 2.80. The standard InChI is InChI=1S/C15H24N2O3/c1-5-13(15(18)19-7-3)20-14-9-8-11(4)17-12(14)10-16-6-2/h8-9,13,16H,5-7,10H2,1-4H3. The highest BCUT2D eigenvalue weighted by atomic mass is 16.6. The summed E-state index contributed by atoms with van der Waals surface area (Å²) in [5.74, 6) is 0.307. The van der Waals surface area contributed by atoms with Crippen LogP contribution in [0.25, 0.3) is 0 Å². The van der Waals surface area contributed by atoms with Gasteiger partial charge in [0.15, 0.2) is 6.10 Å². The van der Waals surface area contributed by atoms with E-state index in [4.69, 9.17) is 9.47 Å². The van der Waals surface area contributed by atoms with Crippen LogP contribution in [0.4, 0.5) is 0 Å². The van der Waals surface area contributed by atoms with Crippen LogP contribution >= 0.6 is 0 Å². The van der Waals surface area contributed by atoms with Crippen LogP contribution in [0.5, 0.6) is 5.75 Å². The van der Waals surface area contributed by atoms with E-state index in [1.807, 2.05) is 32.9 Å². The van der Waals surface area contributed by atoms with Crippen LogP contribution in [0.1, 0.15) is 38.6 Å². The molecule has 112 valence electrons. The molecule has 20 heavy (non-hydrogen) atoms. The number of ether oxygens (including phenoxy) is 2. The van der Waals surface area contributed by atoms with Crippen molar-refractivity contribution < 1.29 is 14.3 Å². The average molecular weight is 280 g/mol. The lowest BCUT2D eigenvalue weighted by Crippen LogP contribution is -2.29. The van der Waals surface area contributed by atoms with E-state index in [1.54, 1.807) is 6.92 Å². The lowest BCUT2D eigenvalue weighted by molar-refractivity contribution is -0.151. The number of rotatable bonds is 8. The van der Waals surface area contributed by atoms with E-state index < -0.39 is 6.10 Å². The Morgan fingerprint density at radius 3 is 2.70 bits per heavy atom. The molecule has 5 heteroatoms. The molecule has 5 nitrogen and oxygen atoms in total. The van der Waals surface area contributed by atoms with Gasteiger partial charge >= 0.3 is 5.97 Å². The smallest absolute Gasteiger partial charge is 0.347 e. The van der Waals surface area contributed by atoms with Crippen molar-refractivity contribution in [3.05, 3.63) is 23.5 Å². The van der Waals surface area contributed by atoms with Gasteiger partial charge in [-0.05, 0) is 38.9 Å². The molecule has 1 atom stereocenters. The highest BCUT2D eigenvalue weighted by Gasteiger charge is 2.21. The summed E-state index contributed by atoms with van der Waals surface area (Å²) >= 11 is 0. The third-order valence-corrected chi connectivity index (χ3v) is 2.80. The maximum atomic E-state index is 11.8. The van der Waals surface area contributed by atoms with Crippen LogP contribution < -0.4 is 10.1 Å². The molecule has 1 heterocycles. The van der Waals surface area contributed by atoms with Crippen LogP contribution in [-0.2, 0) is 16.1 Å². The molecule has 1 rings (SSSR count). The van der Waals surface area contributed by atoms with Crippen LogP contribution in [0.2, 0.25) is 0 Å². The minimum absolute atomic E-state index is 0.329. The lowest BCUT2D eigenvalue weighted by Gasteiger charge is -2.18. The van der Waals surface area contributed by atoms with E-state index in [9.17, 15) is 4.79 Å². The quantitative estimate of drug-likeness (QED) is 0.740. The molecule has 0 aromatic carbocycles. The van der Waals surface area contributed by atoms with Gasteiger partial charge in [-0.15, -0.1) is 0 Å². The number of nitrogens with zero attached hydrogens (tertiary/aromatic N) is 1. The van der Waals surface area contributed by atoms with Gasteiger partial charge in [0.25, 0.3) is 0 Å². The van der Waals surface area contributed by atoms with Crippen molar-refractivity contribution in [2.45, 2.75) is 46.8 Å². The Labute approximate surface area is 120 Å². The van der Waals surface area contributed by atoms with Crippen molar-refractivity contribution >= 4 is 5.97 Å². The monoisotopic (exact) mass is 280 g/mol. The summed E-state index contributed by atoms with van der Waals surface area (Å²) in [5, 5.41) is 3.22. The van der Waals surface area contributed by atoms with Gasteiger partial charge in [-0.3, -0.25) is 4.98 Å². The van der Waals surface area contributed by atoms with Crippen LogP contribution in [-0.4, -0.2) is 30.2 Å². The zero-order valence-corrected chi connectivity index (χ0v) is 12.7. The van der Waals surface area contributed by atoms with Gasteiger partial charge in [0.1, 0.15) is 5.75 Å². The van der Waals surface area contributed by atoms with Crippen molar-refractivity contribution in [1.82, 2.24) is 10.3 Å². The molecule has 0 radical (unpaired) electrons. The topological polar surface area (TPSA) is 60.5 Å². The molecule has 1 N–H and O–H groups in total. The second-order valence-electron chi connectivity index (χ2n) is 4.44. The van der Waals surface area contributed by atoms with Gasteiger partial charge in [0, 0.05) is 12.2 Å². The number of hydrogen-bond acceptors (Lipinski definition) is 5. The molecule has 1 aromatic rings. The van der Waals surface area contributed by atoms with Crippen molar-refractivity contribution in [3.63, 3.8) is 0 Å². The summed E-state index contributed by atoms with van der Waals surface area (Å²) in [6.07, 6.45) is -0.0206. The molecule has 0 saturated carbocycles. The van der Waals surface area contributed by atoms with Crippen LogP contribution in [0.15, 0.2) is 12.1 Å².